The quantitative estimate of drug-likeness (QED) is 0.300. The summed E-state index contributed by atoms with van der Waals surface area (Å²) < 4.78 is 1.03. The van der Waals surface area contributed by atoms with E-state index in [1.54, 1.807) is 12.1 Å². The average Bonchev–Trinajstić information content (AvgIpc) is 3.05. The molecule has 1 heterocycles. The highest BCUT2D eigenvalue weighted by molar-refractivity contribution is 14.1. The van der Waals surface area contributed by atoms with E-state index in [1.165, 1.54) is 4.90 Å². The maximum Gasteiger partial charge on any atom is 0.239 e. The number of halogens is 1. The zero-order chi connectivity index (χ0) is 20.6. The first-order valence-corrected chi connectivity index (χ1v) is 11.0. The molecule has 0 spiro atoms. The van der Waals surface area contributed by atoms with Crippen molar-refractivity contribution in [3.8, 4) is 0 Å². The van der Waals surface area contributed by atoms with Gasteiger partial charge in [-0.3, -0.25) is 9.59 Å². The lowest BCUT2D eigenvalue weighted by atomic mass is 9.48. The fraction of sp³-hybridized carbons (Fsp3) is 0.160. The lowest BCUT2D eigenvalue weighted by Gasteiger charge is -2.51. The number of aldehydes is 1. The second kappa shape index (κ2) is 6.11. The van der Waals surface area contributed by atoms with Crippen molar-refractivity contribution in [2.45, 2.75) is 11.3 Å². The van der Waals surface area contributed by atoms with Gasteiger partial charge >= 0.3 is 0 Å². The number of rotatable bonds is 2. The van der Waals surface area contributed by atoms with Gasteiger partial charge in [-0.25, -0.2) is 4.90 Å². The van der Waals surface area contributed by atoms with Gasteiger partial charge in [0.05, 0.1) is 22.9 Å². The molecule has 2 amide bonds. The Hall–Kier alpha value is -2.80. The summed E-state index contributed by atoms with van der Waals surface area (Å²) in [5.74, 6) is -2.03. The van der Waals surface area contributed by atoms with Crippen LogP contribution in [0.1, 0.15) is 28.2 Å². The summed E-state index contributed by atoms with van der Waals surface area (Å²) in [7, 11) is 0. The second-order valence-corrected chi connectivity index (χ2v) is 9.38. The molecule has 1 aliphatic heterocycles. The van der Waals surface area contributed by atoms with Crippen molar-refractivity contribution in [3.63, 3.8) is 0 Å². The van der Waals surface area contributed by atoms with Crippen molar-refractivity contribution in [2.24, 2.45) is 11.8 Å². The third kappa shape index (κ3) is 1.99. The number of imide groups is 1. The van der Waals surface area contributed by atoms with Gasteiger partial charge in [-0.15, -0.1) is 0 Å². The lowest BCUT2D eigenvalue weighted by Crippen LogP contribution is -2.54. The minimum atomic E-state index is -1.14. The molecule has 3 aliphatic carbocycles. The molecule has 3 aromatic rings. The number of hydrogen-bond acceptors (Lipinski definition) is 3. The molecule has 0 saturated carbocycles. The van der Waals surface area contributed by atoms with Crippen LogP contribution in [0.15, 0.2) is 72.8 Å². The van der Waals surface area contributed by atoms with Gasteiger partial charge < -0.3 is 4.79 Å². The molecule has 0 aromatic heterocycles. The van der Waals surface area contributed by atoms with Crippen molar-refractivity contribution in [2.75, 3.05) is 4.90 Å². The molecule has 1 fully saturated rings. The highest BCUT2D eigenvalue weighted by Gasteiger charge is 2.68. The Labute approximate surface area is 187 Å². The Balaban J connectivity index is 1.64. The fourth-order valence-electron chi connectivity index (χ4n) is 5.88. The van der Waals surface area contributed by atoms with Crippen LogP contribution in [0.4, 0.5) is 5.69 Å². The molecule has 5 heteroatoms. The molecule has 4 nitrogen and oxygen atoms in total. The highest BCUT2D eigenvalue weighted by atomic mass is 127. The van der Waals surface area contributed by atoms with Gasteiger partial charge in [-0.1, -0.05) is 48.5 Å². The van der Waals surface area contributed by atoms with Crippen LogP contribution in [-0.2, 0) is 19.8 Å². The third-order valence-electron chi connectivity index (χ3n) is 6.95. The molecule has 30 heavy (non-hydrogen) atoms. The van der Waals surface area contributed by atoms with Gasteiger partial charge in [0.1, 0.15) is 6.29 Å². The normalized spacial score (nSPS) is 28.2. The van der Waals surface area contributed by atoms with Gasteiger partial charge in [0.25, 0.3) is 0 Å². The van der Waals surface area contributed by atoms with Crippen LogP contribution in [0.25, 0.3) is 0 Å². The third-order valence-corrected chi connectivity index (χ3v) is 7.67. The molecule has 7 rings (SSSR count). The van der Waals surface area contributed by atoms with E-state index < -0.39 is 17.3 Å². The predicted molar refractivity (Wildman–Crippen MR) is 120 cm³/mol. The number of anilines is 1. The summed E-state index contributed by atoms with van der Waals surface area (Å²) in [5.41, 5.74) is 3.10. The van der Waals surface area contributed by atoms with Crippen molar-refractivity contribution < 1.29 is 14.4 Å². The SMILES string of the molecule is O=CC12c3ccccc3C(c3ccccc31)[C@H]1C(=O)N(c3ccc(I)cc3)C(=O)[C@@H]12. The molecule has 0 unspecified atom stereocenters. The van der Waals surface area contributed by atoms with E-state index in [0.717, 1.165) is 32.1 Å². The molecule has 1 saturated heterocycles. The van der Waals surface area contributed by atoms with Crippen molar-refractivity contribution in [1.82, 2.24) is 0 Å². The Morgan fingerprint density at radius 2 is 1.37 bits per heavy atom. The van der Waals surface area contributed by atoms with E-state index in [4.69, 9.17) is 0 Å². The van der Waals surface area contributed by atoms with Gasteiger partial charge in [-0.05, 0) is 69.1 Å². The Morgan fingerprint density at radius 1 is 0.800 bits per heavy atom. The molecule has 4 aliphatic rings. The number of carbonyl (C=O) groups excluding carboxylic acids is 3. The van der Waals surface area contributed by atoms with E-state index in [1.807, 2.05) is 60.7 Å². The first kappa shape index (κ1) is 18.0. The fourth-order valence-corrected chi connectivity index (χ4v) is 6.23. The van der Waals surface area contributed by atoms with Crippen LogP contribution in [0.2, 0.25) is 0 Å². The van der Waals surface area contributed by atoms with Gasteiger partial charge in [0.15, 0.2) is 0 Å². The minimum absolute atomic E-state index is 0.216. The summed E-state index contributed by atoms with van der Waals surface area (Å²) in [6, 6.07) is 22.9. The van der Waals surface area contributed by atoms with E-state index in [2.05, 4.69) is 22.6 Å². The topological polar surface area (TPSA) is 54.5 Å². The molecular weight excluding hydrogens is 489 g/mol. The molecule has 0 N–H and O–H groups in total. The number of amides is 2. The number of hydrogen-bond donors (Lipinski definition) is 0. The average molecular weight is 505 g/mol. The predicted octanol–water partition coefficient (Wildman–Crippen LogP) is 4.04. The van der Waals surface area contributed by atoms with Crippen LogP contribution in [0.5, 0.6) is 0 Å². The molecule has 2 bridgehead atoms. The van der Waals surface area contributed by atoms with Gasteiger partial charge in [0.2, 0.25) is 11.8 Å². The van der Waals surface area contributed by atoms with Crippen LogP contribution in [0.3, 0.4) is 0 Å². The van der Waals surface area contributed by atoms with Gasteiger partial charge in [0, 0.05) is 9.49 Å². The monoisotopic (exact) mass is 505 g/mol. The lowest BCUT2D eigenvalue weighted by molar-refractivity contribution is -0.128. The van der Waals surface area contributed by atoms with Crippen LogP contribution in [0, 0.1) is 15.4 Å². The second-order valence-electron chi connectivity index (χ2n) is 8.13. The van der Waals surface area contributed by atoms with Crippen molar-refractivity contribution in [1.29, 1.82) is 0 Å². The number of benzene rings is 3. The molecular formula is C25H16INO3. The van der Waals surface area contributed by atoms with E-state index in [0.29, 0.717) is 5.69 Å². The molecule has 0 radical (unpaired) electrons. The smallest absolute Gasteiger partial charge is 0.239 e. The Kier molecular flexibility index (Phi) is 3.67. The zero-order valence-corrected chi connectivity index (χ0v) is 17.9. The number of carbonyl (C=O) groups is 3. The highest BCUT2D eigenvalue weighted by Crippen LogP contribution is 2.63. The molecule has 146 valence electrons. The standard InChI is InChI=1S/C25H16INO3/c26-14-9-11-15(12-10-14)27-23(29)21-20-16-5-1-3-7-18(16)25(13-28,22(21)24(27)30)19-8-4-2-6-17(19)20/h1-13,20-22H/t20?,21-,22-,25?/m1/s1. The van der Waals surface area contributed by atoms with E-state index in [-0.39, 0.29) is 17.7 Å². The summed E-state index contributed by atoms with van der Waals surface area (Å²) in [4.78, 5) is 41.6. The van der Waals surface area contributed by atoms with Gasteiger partial charge in [-0.2, -0.15) is 0 Å². The molecule has 3 aromatic carbocycles. The zero-order valence-electron chi connectivity index (χ0n) is 15.8. The first-order chi connectivity index (χ1) is 14.6. The maximum atomic E-state index is 13.8. The summed E-state index contributed by atoms with van der Waals surface area (Å²) >= 11 is 2.19. The molecule has 2 atom stereocenters. The van der Waals surface area contributed by atoms with Crippen LogP contribution < -0.4 is 4.90 Å². The maximum absolute atomic E-state index is 13.8. The van der Waals surface area contributed by atoms with Crippen LogP contribution >= 0.6 is 22.6 Å². The van der Waals surface area contributed by atoms with Crippen LogP contribution in [-0.4, -0.2) is 18.1 Å². The van der Waals surface area contributed by atoms with E-state index in [9.17, 15) is 14.4 Å². The Bertz CT molecular complexity index is 1200. The summed E-state index contributed by atoms with van der Waals surface area (Å²) in [6.45, 7) is 0. The Morgan fingerprint density at radius 3 is 1.93 bits per heavy atom. The van der Waals surface area contributed by atoms with E-state index >= 15 is 0 Å². The summed E-state index contributed by atoms with van der Waals surface area (Å²) in [5, 5.41) is 0. The van der Waals surface area contributed by atoms with Crippen molar-refractivity contribution >= 4 is 46.4 Å². The largest absolute Gasteiger partial charge is 0.302 e. The van der Waals surface area contributed by atoms with Crippen molar-refractivity contribution in [3.05, 3.63) is 98.6 Å². The first-order valence-electron chi connectivity index (χ1n) is 9.88. The minimum Gasteiger partial charge on any atom is -0.302 e. The number of nitrogens with zero attached hydrogens (tertiary/aromatic N) is 1. The summed E-state index contributed by atoms with van der Waals surface area (Å²) in [6.07, 6.45) is 0.903.